The van der Waals surface area contributed by atoms with Crippen LogP contribution in [-0.2, 0) is 4.79 Å². The third kappa shape index (κ3) is 2.91. The highest BCUT2D eigenvalue weighted by atomic mass is 16.4. The monoisotopic (exact) mass is 232 g/mol. The zero-order valence-electron chi connectivity index (χ0n) is 9.20. The standard InChI is InChI=1S/C11H12N4O2/c12-5-9-11(14-4-3-13-9)15(7-10(16)17)6-8-1-2-8/h3-4,8H,1-2,6-7H2,(H,16,17). The molecule has 1 aliphatic rings. The number of aliphatic carboxylic acids is 1. The molecule has 1 saturated carbocycles. The van der Waals surface area contributed by atoms with E-state index in [1.807, 2.05) is 6.07 Å². The molecule has 0 amide bonds. The van der Waals surface area contributed by atoms with E-state index in [0.717, 1.165) is 12.8 Å². The van der Waals surface area contributed by atoms with E-state index in [4.69, 9.17) is 10.4 Å². The van der Waals surface area contributed by atoms with Crippen LogP contribution in [-0.4, -0.2) is 34.1 Å². The van der Waals surface area contributed by atoms with E-state index in [-0.39, 0.29) is 12.2 Å². The molecule has 17 heavy (non-hydrogen) atoms. The summed E-state index contributed by atoms with van der Waals surface area (Å²) in [4.78, 5) is 20.4. The first kappa shape index (κ1) is 11.3. The molecule has 0 radical (unpaired) electrons. The van der Waals surface area contributed by atoms with E-state index < -0.39 is 5.97 Å². The van der Waals surface area contributed by atoms with Gasteiger partial charge in [-0.2, -0.15) is 5.26 Å². The van der Waals surface area contributed by atoms with Crippen LogP contribution in [0.15, 0.2) is 12.4 Å². The van der Waals surface area contributed by atoms with Crippen molar-refractivity contribution in [2.75, 3.05) is 18.0 Å². The molecule has 0 bridgehead atoms. The van der Waals surface area contributed by atoms with Gasteiger partial charge in [-0.15, -0.1) is 0 Å². The molecule has 1 aliphatic carbocycles. The summed E-state index contributed by atoms with van der Waals surface area (Å²) in [6.07, 6.45) is 5.12. The molecule has 6 heteroatoms. The minimum Gasteiger partial charge on any atom is -0.480 e. The Morgan fingerprint density at radius 2 is 2.24 bits per heavy atom. The predicted molar refractivity (Wildman–Crippen MR) is 59.3 cm³/mol. The number of nitrogens with zero attached hydrogens (tertiary/aromatic N) is 4. The number of anilines is 1. The van der Waals surface area contributed by atoms with Crippen molar-refractivity contribution in [2.45, 2.75) is 12.8 Å². The van der Waals surface area contributed by atoms with Crippen molar-refractivity contribution in [1.29, 1.82) is 5.26 Å². The third-order valence-electron chi connectivity index (χ3n) is 2.59. The van der Waals surface area contributed by atoms with Crippen molar-refractivity contribution in [1.82, 2.24) is 9.97 Å². The van der Waals surface area contributed by atoms with Gasteiger partial charge in [0.2, 0.25) is 0 Å². The van der Waals surface area contributed by atoms with Gasteiger partial charge in [0.25, 0.3) is 0 Å². The fraction of sp³-hybridized carbons (Fsp3) is 0.455. The van der Waals surface area contributed by atoms with Crippen LogP contribution in [0.5, 0.6) is 0 Å². The lowest BCUT2D eigenvalue weighted by Crippen LogP contribution is -2.33. The molecule has 88 valence electrons. The highest BCUT2D eigenvalue weighted by Gasteiger charge is 2.27. The SMILES string of the molecule is N#Cc1nccnc1N(CC(=O)O)CC1CC1. The average molecular weight is 232 g/mol. The van der Waals surface area contributed by atoms with Crippen LogP contribution in [0.25, 0.3) is 0 Å². The second-order valence-corrected chi connectivity index (χ2v) is 4.06. The molecule has 0 atom stereocenters. The number of carboxylic acids is 1. The Morgan fingerprint density at radius 3 is 2.82 bits per heavy atom. The highest BCUT2D eigenvalue weighted by molar-refractivity contribution is 5.73. The molecule has 0 aromatic carbocycles. The molecule has 2 rings (SSSR count). The number of carbonyl (C=O) groups is 1. The largest absolute Gasteiger partial charge is 0.480 e. The van der Waals surface area contributed by atoms with Gasteiger partial charge in [-0.25, -0.2) is 9.97 Å². The summed E-state index contributed by atoms with van der Waals surface area (Å²) >= 11 is 0. The molecule has 1 N–H and O–H groups in total. The predicted octanol–water partition coefficient (Wildman–Crippen LogP) is 0.649. The first-order valence-corrected chi connectivity index (χ1v) is 5.38. The lowest BCUT2D eigenvalue weighted by molar-refractivity contribution is -0.135. The second kappa shape index (κ2) is 4.78. The first-order valence-electron chi connectivity index (χ1n) is 5.38. The Labute approximate surface area is 98.5 Å². The second-order valence-electron chi connectivity index (χ2n) is 4.06. The molecule has 1 aromatic rings. The molecular weight excluding hydrogens is 220 g/mol. The smallest absolute Gasteiger partial charge is 0.323 e. The van der Waals surface area contributed by atoms with Crippen LogP contribution < -0.4 is 4.90 Å². The van der Waals surface area contributed by atoms with Crippen LogP contribution in [0.1, 0.15) is 18.5 Å². The maximum Gasteiger partial charge on any atom is 0.323 e. The topological polar surface area (TPSA) is 90.1 Å². The van der Waals surface area contributed by atoms with Crippen LogP contribution in [0.2, 0.25) is 0 Å². The number of nitriles is 1. The summed E-state index contributed by atoms with van der Waals surface area (Å²) < 4.78 is 0. The van der Waals surface area contributed by atoms with E-state index >= 15 is 0 Å². The van der Waals surface area contributed by atoms with Gasteiger partial charge in [0.15, 0.2) is 11.5 Å². The molecule has 0 aliphatic heterocycles. The highest BCUT2D eigenvalue weighted by Crippen LogP contribution is 2.31. The van der Waals surface area contributed by atoms with Crippen molar-refractivity contribution >= 4 is 11.8 Å². The fourth-order valence-corrected chi connectivity index (χ4v) is 1.64. The van der Waals surface area contributed by atoms with Gasteiger partial charge in [-0.05, 0) is 18.8 Å². The van der Waals surface area contributed by atoms with Crippen LogP contribution in [0.4, 0.5) is 5.82 Å². The Bertz CT molecular complexity index is 465. The summed E-state index contributed by atoms with van der Waals surface area (Å²) in [6, 6.07) is 1.93. The Hall–Kier alpha value is -2.16. The van der Waals surface area contributed by atoms with E-state index in [1.54, 1.807) is 4.90 Å². The van der Waals surface area contributed by atoms with E-state index in [0.29, 0.717) is 18.3 Å². The molecule has 0 unspecified atom stereocenters. The van der Waals surface area contributed by atoms with Gasteiger partial charge in [-0.1, -0.05) is 0 Å². The molecule has 1 fully saturated rings. The van der Waals surface area contributed by atoms with Crippen molar-refractivity contribution in [2.24, 2.45) is 5.92 Å². The lowest BCUT2D eigenvalue weighted by Gasteiger charge is -2.21. The normalized spacial score (nSPS) is 14.1. The van der Waals surface area contributed by atoms with Crippen molar-refractivity contribution in [3.63, 3.8) is 0 Å². The Balaban J connectivity index is 2.23. The summed E-state index contributed by atoms with van der Waals surface area (Å²) in [5, 5.41) is 17.8. The lowest BCUT2D eigenvalue weighted by atomic mass is 10.3. The Morgan fingerprint density at radius 1 is 1.53 bits per heavy atom. The summed E-state index contributed by atoms with van der Waals surface area (Å²) in [7, 11) is 0. The molecule has 6 nitrogen and oxygen atoms in total. The quantitative estimate of drug-likeness (QED) is 0.801. The fourth-order valence-electron chi connectivity index (χ4n) is 1.64. The van der Waals surface area contributed by atoms with Gasteiger partial charge >= 0.3 is 5.97 Å². The van der Waals surface area contributed by atoms with Crippen molar-refractivity contribution < 1.29 is 9.90 Å². The molecule has 1 aromatic heterocycles. The summed E-state index contributed by atoms with van der Waals surface area (Å²) in [5.74, 6) is -0.0487. The molecule has 0 spiro atoms. The van der Waals surface area contributed by atoms with E-state index in [1.165, 1.54) is 12.4 Å². The van der Waals surface area contributed by atoms with E-state index in [2.05, 4.69) is 9.97 Å². The molecule has 1 heterocycles. The Kier molecular flexibility index (Phi) is 3.19. The first-order chi connectivity index (χ1) is 8.20. The minimum atomic E-state index is -0.930. The van der Waals surface area contributed by atoms with Gasteiger partial charge in [0.05, 0.1) is 0 Å². The number of aromatic nitrogens is 2. The summed E-state index contributed by atoms with van der Waals surface area (Å²) in [5.41, 5.74) is 0.175. The minimum absolute atomic E-state index is 0.149. The maximum absolute atomic E-state index is 10.8. The number of carboxylic acid groups (broad SMARTS) is 1. The molecular formula is C11H12N4O2. The van der Waals surface area contributed by atoms with Crippen LogP contribution in [0, 0.1) is 17.2 Å². The molecule has 0 saturated heterocycles. The maximum atomic E-state index is 10.8. The van der Waals surface area contributed by atoms with E-state index in [9.17, 15) is 4.79 Å². The number of hydrogen-bond donors (Lipinski definition) is 1. The third-order valence-corrected chi connectivity index (χ3v) is 2.59. The van der Waals surface area contributed by atoms with Crippen LogP contribution in [0.3, 0.4) is 0 Å². The van der Waals surface area contributed by atoms with Gasteiger partial charge in [-0.3, -0.25) is 4.79 Å². The zero-order valence-corrected chi connectivity index (χ0v) is 9.20. The zero-order chi connectivity index (χ0) is 12.3. The van der Waals surface area contributed by atoms with Crippen molar-refractivity contribution in [3.8, 4) is 6.07 Å². The number of rotatable bonds is 5. The van der Waals surface area contributed by atoms with Crippen molar-refractivity contribution in [3.05, 3.63) is 18.1 Å². The number of hydrogen-bond acceptors (Lipinski definition) is 5. The van der Waals surface area contributed by atoms with Gasteiger partial charge in [0.1, 0.15) is 12.6 Å². The summed E-state index contributed by atoms with van der Waals surface area (Å²) in [6.45, 7) is 0.476. The van der Waals surface area contributed by atoms with Gasteiger partial charge < -0.3 is 10.0 Å². The van der Waals surface area contributed by atoms with Crippen LogP contribution >= 0.6 is 0 Å². The van der Waals surface area contributed by atoms with Gasteiger partial charge in [0, 0.05) is 18.9 Å². The average Bonchev–Trinajstić information content (AvgIpc) is 3.11.